The molecule has 27 heavy (non-hydrogen) atoms. The van der Waals surface area contributed by atoms with Crippen molar-refractivity contribution in [3.05, 3.63) is 23.8 Å². The maximum atomic E-state index is 12.5. The number of methoxy groups -OCH3 is 1. The van der Waals surface area contributed by atoms with Crippen LogP contribution in [0.4, 0.5) is 4.79 Å². The van der Waals surface area contributed by atoms with Crippen molar-refractivity contribution in [3.8, 4) is 11.5 Å². The number of carbonyl (C=O) groups is 1. The molecular formula is C19H27N3O4S. The Morgan fingerprint density at radius 1 is 1.33 bits per heavy atom. The number of thioether (sulfide) groups is 1. The minimum Gasteiger partial charge on any atom is -0.504 e. The second-order valence-corrected chi connectivity index (χ2v) is 7.74. The van der Waals surface area contributed by atoms with Crippen LogP contribution >= 0.6 is 11.8 Å². The van der Waals surface area contributed by atoms with Crippen molar-refractivity contribution in [1.82, 2.24) is 9.91 Å². The second-order valence-electron chi connectivity index (χ2n) is 6.58. The second kappa shape index (κ2) is 9.43. The van der Waals surface area contributed by atoms with Crippen LogP contribution in [0.3, 0.4) is 0 Å². The predicted octanol–water partition coefficient (Wildman–Crippen LogP) is 2.77. The Kier molecular flexibility index (Phi) is 6.98. The van der Waals surface area contributed by atoms with Gasteiger partial charge >= 0.3 is 5.24 Å². The van der Waals surface area contributed by atoms with Crippen LogP contribution in [0.25, 0.3) is 0 Å². The molecule has 1 atom stereocenters. The number of benzene rings is 1. The third-order valence-corrected chi connectivity index (χ3v) is 6.03. The first-order valence-corrected chi connectivity index (χ1v) is 10.2. The minimum absolute atomic E-state index is 0.00155. The van der Waals surface area contributed by atoms with Gasteiger partial charge in [-0.2, -0.15) is 5.10 Å². The van der Waals surface area contributed by atoms with E-state index >= 15 is 0 Å². The van der Waals surface area contributed by atoms with Crippen LogP contribution in [0.15, 0.2) is 23.3 Å². The van der Waals surface area contributed by atoms with Gasteiger partial charge in [-0.25, -0.2) is 5.01 Å². The van der Waals surface area contributed by atoms with Gasteiger partial charge in [-0.1, -0.05) is 18.7 Å². The number of rotatable bonds is 7. The average molecular weight is 394 g/mol. The van der Waals surface area contributed by atoms with Crippen LogP contribution < -0.4 is 4.74 Å². The maximum Gasteiger partial charge on any atom is 0.302 e. The van der Waals surface area contributed by atoms with Gasteiger partial charge in [0.2, 0.25) is 0 Å². The van der Waals surface area contributed by atoms with Crippen molar-refractivity contribution in [2.24, 2.45) is 5.10 Å². The van der Waals surface area contributed by atoms with Gasteiger partial charge in [0.25, 0.3) is 0 Å². The first kappa shape index (κ1) is 20.0. The van der Waals surface area contributed by atoms with Gasteiger partial charge in [-0.3, -0.25) is 9.69 Å². The molecule has 7 nitrogen and oxygen atoms in total. The van der Waals surface area contributed by atoms with Crippen molar-refractivity contribution in [2.75, 3.05) is 46.5 Å². The van der Waals surface area contributed by atoms with Crippen LogP contribution in [0.1, 0.15) is 25.3 Å². The van der Waals surface area contributed by atoms with E-state index in [2.05, 4.69) is 10.0 Å². The predicted molar refractivity (Wildman–Crippen MR) is 107 cm³/mol. The van der Waals surface area contributed by atoms with E-state index in [-0.39, 0.29) is 16.2 Å². The smallest absolute Gasteiger partial charge is 0.302 e. The highest BCUT2D eigenvalue weighted by Gasteiger charge is 2.30. The molecular weight excluding hydrogens is 366 g/mol. The summed E-state index contributed by atoms with van der Waals surface area (Å²) in [7, 11) is 1.52. The molecule has 1 amide bonds. The fourth-order valence-corrected chi connectivity index (χ4v) is 4.20. The normalized spacial score (nSPS) is 21.3. The number of phenolic OH excluding ortho intramolecular Hbond substituents is 1. The number of aromatic hydroxyl groups is 1. The van der Waals surface area contributed by atoms with Gasteiger partial charge in [0.05, 0.1) is 31.3 Å². The lowest BCUT2D eigenvalue weighted by atomic mass is 10.0. The minimum atomic E-state index is -0.00155. The monoisotopic (exact) mass is 393 g/mol. The number of carbonyl (C=O) groups excluding carboxylic acids is 1. The Morgan fingerprint density at radius 3 is 2.81 bits per heavy atom. The van der Waals surface area contributed by atoms with Crippen molar-refractivity contribution in [2.45, 2.75) is 25.0 Å². The molecule has 0 saturated carbocycles. The first-order valence-electron chi connectivity index (χ1n) is 9.36. The molecule has 2 aliphatic heterocycles. The lowest BCUT2D eigenvalue weighted by molar-refractivity contribution is 0.0366. The van der Waals surface area contributed by atoms with Crippen molar-refractivity contribution < 1.29 is 19.4 Å². The summed E-state index contributed by atoms with van der Waals surface area (Å²) in [6.07, 6.45) is 1.68. The van der Waals surface area contributed by atoms with E-state index in [0.29, 0.717) is 12.3 Å². The van der Waals surface area contributed by atoms with E-state index < -0.39 is 0 Å². The van der Waals surface area contributed by atoms with Crippen LogP contribution in [-0.4, -0.2) is 77.7 Å². The highest BCUT2D eigenvalue weighted by Crippen LogP contribution is 2.32. The summed E-state index contributed by atoms with van der Waals surface area (Å²) >= 11 is 1.32. The third kappa shape index (κ3) is 4.94. The van der Waals surface area contributed by atoms with Gasteiger partial charge in [-0.15, -0.1) is 0 Å². The van der Waals surface area contributed by atoms with Crippen LogP contribution in [-0.2, 0) is 4.74 Å². The van der Waals surface area contributed by atoms with E-state index in [4.69, 9.17) is 9.47 Å². The molecule has 8 heteroatoms. The molecule has 148 valence electrons. The molecule has 1 fully saturated rings. The molecule has 0 aromatic heterocycles. The zero-order valence-electron chi connectivity index (χ0n) is 15.9. The standard InChI is InChI=1S/C19H27N3O4S/c1-3-17-18(14-5-6-15(23)16(13-14)25-2)20-22(19(24)27-17)8-4-7-21-9-11-26-12-10-21/h5-6,13,17,23H,3-4,7-12H2,1-2H3. The summed E-state index contributed by atoms with van der Waals surface area (Å²) in [6.45, 7) is 7.03. The lowest BCUT2D eigenvalue weighted by Crippen LogP contribution is -2.39. The number of ether oxygens (including phenoxy) is 2. The fraction of sp³-hybridized carbons (Fsp3) is 0.579. The SMILES string of the molecule is CCC1SC(=O)N(CCCN2CCOCC2)N=C1c1ccc(O)c(OC)c1. The zero-order chi connectivity index (χ0) is 19.2. The largest absolute Gasteiger partial charge is 0.504 e. The van der Waals surface area contributed by atoms with Crippen LogP contribution in [0.5, 0.6) is 11.5 Å². The number of amides is 1. The van der Waals surface area contributed by atoms with Crippen molar-refractivity contribution in [1.29, 1.82) is 0 Å². The quantitative estimate of drug-likeness (QED) is 0.768. The van der Waals surface area contributed by atoms with Crippen molar-refractivity contribution >= 4 is 22.7 Å². The highest BCUT2D eigenvalue weighted by atomic mass is 32.2. The molecule has 1 unspecified atom stereocenters. The molecule has 1 aromatic rings. The average Bonchev–Trinajstić information content (AvgIpc) is 2.70. The number of hydrazone groups is 1. The molecule has 2 aliphatic rings. The topological polar surface area (TPSA) is 74.6 Å². The van der Waals surface area contributed by atoms with E-state index in [0.717, 1.165) is 57.0 Å². The van der Waals surface area contributed by atoms with E-state index in [9.17, 15) is 9.90 Å². The summed E-state index contributed by atoms with van der Waals surface area (Å²) in [5.41, 5.74) is 1.72. The third-order valence-electron chi connectivity index (χ3n) is 4.78. The highest BCUT2D eigenvalue weighted by molar-refractivity contribution is 8.14. The van der Waals surface area contributed by atoms with E-state index in [1.54, 1.807) is 17.1 Å². The number of hydrogen-bond acceptors (Lipinski definition) is 7. The summed E-state index contributed by atoms with van der Waals surface area (Å²) < 4.78 is 10.6. The number of morpholine rings is 1. The Bertz CT molecular complexity index is 692. The zero-order valence-corrected chi connectivity index (χ0v) is 16.7. The van der Waals surface area contributed by atoms with Crippen LogP contribution in [0.2, 0.25) is 0 Å². The molecule has 0 bridgehead atoms. The molecule has 0 spiro atoms. The van der Waals surface area contributed by atoms with Gasteiger partial charge in [0.1, 0.15) is 0 Å². The Hall–Kier alpha value is -1.77. The summed E-state index contributed by atoms with van der Waals surface area (Å²) in [5, 5.41) is 16.1. The van der Waals surface area contributed by atoms with E-state index in [1.807, 2.05) is 13.0 Å². The molecule has 3 rings (SSSR count). The summed E-state index contributed by atoms with van der Waals surface area (Å²) in [4.78, 5) is 14.8. The van der Waals surface area contributed by atoms with Gasteiger partial charge < -0.3 is 14.6 Å². The molecule has 0 aliphatic carbocycles. The summed E-state index contributed by atoms with van der Waals surface area (Å²) in [6, 6.07) is 5.20. The van der Waals surface area contributed by atoms with Crippen molar-refractivity contribution in [3.63, 3.8) is 0 Å². The fourth-order valence-electron chi connectivity index (χ4n) is 3.24. The molecule has 0 radical (unpaired) electrons. The Labute approximate surface area is 164 Å². The Morgan fingerprint density at radius 2 is 2.11 bits per heavy atom. The molecule has 2 heterocycles. The van der Waals surface area contributed by atoms with Gasteiger partial charge in [-0.05, 0) is 31.0 Å². The van der Waals surface area contributed by atoms with Gasteiger partial charge in [0, 0.05) is 31.7 Å². The molecule has 1 aromatic carbocycles. The Balaban J connectivity index is 1.72. The lowest BCUT2D eigenvalue weighted by Gasteiger charge is -2.30. The molecule has 1 N–H and O–H groups in total. The van der Waals surface area contributed by atoms with E-state index in [1.165, 1.54) is 18.9 Å². The first-order chi connectivity index (χ1) is 13.1. The summed E-state index contributed by atoms with van der Waals surface area (Å²) in [5.74, 6) is 0.502. The number of phenols is 1. The van der Waals surface area contributed by atoms with Crippen LogP contribution in [0, 0.1) is 0 Å². The maximum absolute atomic E-state index is 12.5. The molecule has 1 saturated heterocycles. The number of hydrogen-bond donors (Lipinski definition) is 1. The number of nitrogens with zero attached hydrogens (tertiary/aromatic N) is 3. The van der Waals surface area contributed by atoms with Gasteiger partial charge in [0.15, 0.2) is 11.5 Å².